The Hall–Kier alpha value is -4.24. The maximum Gasteiger partial charge on any atom is 0.342 e. The number of hydrogen-bond donors (Lipinski definition) is 3. The Morgan fingerprint density at radius 1 is 1.08 bits per heavy atom. The summed E-state index contributed by atoms with van der Waals surface area (Å²) in [5.74, 6) is -0.723. The fourth-order valence-electron chi connectivity index (χ4n) is 4.64. The van der Waals surface area contributed by atoms with Crippen LogP contribution in [0.1, 0.15) is 53.2 Å². The zero-order chi connectivity index (χ0) is 26.6. The molecule has 5 rings (SSSR count). The number of phenols is 1. The molecule has 1 aliphatic rings. The first-order valence-electron chi connectivity index (χ1n) is 12.3. The van der Waals surface area contributed by atoms with Crippen molar-refractivity contribution >= 4 is 29.2 Å². The summed E-state index contributed by atoms with van der Waals surface area (Å²) in [7, 11) is 0. The molecular formula is C28H25ClFN5O3. The van der Waals surface area contributed by atoms with E-state index in [1.165, 1.54) is 29.1 Å². The molecule has 0 saturated heterocycles. The van der Waals surface area contributed by atoms with Crippen LogP contribution in [0.5, 0.6) is 5.75 Å². The minimum atomic E-state index is -0.458. The van der Waals surface area contributed by atoms with Crippen molar-refractivity contribution in [2.75, 3.05) is 5.32 Å². The molecule has 38 heavy (non-hydrogen) atoms. The van der Waals surface area contributed by atoms with Crippen LogP contribution in [0.25, 0.3) is 11.3 Å². The molecule has 0 spiro atoms. The summed E-state index contributed by atoms with van der Waals surface area (Å²) in [4.78, 5) is 29.6. The van der Waals surface area contributed by atoms with Gasteiger partial charge in [0, 0.05) is 36.0 Å². The molecule has 1 saturated carbocycles. The third-order valence-corrected chi connectivity index (χ3v) is 6.90. The molecule has 4 aromatic rings. The number of aromatic nitrogens is 3. The highest BCUT2D eigenvalue weighted by Crippen LogP contribution is 2.38. The minimum absolute atomic E-state index is 0.0773. The molecule has 1 fully saturated rings. The van der Waals surface area contributed by atoms with Crippen LogP contribution in [-0.4, -0.2) is 31.8 Å². The van der Waals surface area contributed by atoms with E-state index in [1.54, 1.807) is 36.4 Å². The largest absolute Gasteiger partial charge is 0.507 e. The SMILES string of the molecule is O=C(Nc1ccc(-c2cc(C3CCCC3)n(C(=O)NCc3ccc(F)cc3)n2)c(O)c1)c1cccnc1Cl. The Labute approximate surface area is 223 Å². The number of aromatic hydroxyl groups is 1. The molecule has 0 unspecified atom stereocenters. The van der Waals surface area contributed by atoms with Crippen LogP contribution in [0.3, 0.4) is 0 Å². The second kappa shape index (κ2) is 11.0. The number of amides is 2. The number of hydrogen-bond acceptors (Lipinski definition) is 5. The highest BCUT2D eigenvalue weighted by molar-refractivity contribution is 6.33. The number of phenolic OH excluding ortho intramolecular Hbond substituents is 1. The van der Waals surface area contributed by atoms with Gasteiger partial charge in [-0.3, -0.25) is 4.79 Å². The zero-order valence-electron chi connectivity index (χ0n) is 20.3. The third-order valence-electron chi connectivity index (χ3n) is 6.59. The summed E-state index contributed by atoms with van der Waals surface area (Å²) in [6.07, 6.45) is 5.53. The van der Waals surface area contributed by atoms with Gasteiger partial charge in [0.25, 0.3) is 5.91 Å². The summed E-state index contributed by atoms with van der Waals surface area (Å²) in [5.41, 5.74) is 2.98. The van der Waals surface area contributed by atoms with Gasteiger partial charge < -0.3 is 15.7 Å². The first kappa shape index (κ1) is 25.4. The fraction of sp³-hybridized carbons (Fsp3) is 0.214. The van der Waals surface area contributed by atoms with E-state index in [0.717, 1.165) is 36.9 Å². The Kier molecular flexibility index (Phi) is 7.37. The highest BCUT2D eigenvalue weighted by Gasteiger charge is 2.26. The number of halogens is 2. The molecule has 3 N–H and O–H groups in total. The monoisotopic (exact) mass is 533 g/mol. The lowest BCUT2D eigenvalue weighted by molar-refractivity contribution is 0.102. The Morgan fingerprint density at radius 3 is 2.55 bits per heavy atom. The second-order valence-corrected chi connectivity index (χ2v) is 9.52. The first-order valence-corrected chi connectivity index (χ1v) is 12.6. The standard InChI is InChI=1S/C28H25ClFN5O3/c29-26-22(6-3-13-31-26)27(37)33-20-11-12-21(25(36)14-20)23-15-24(18-4-1-2-5-18)35(34-23)28(38)32-16-17-7-9-19(30)10-8-17/h3,6-15,18,36H,1-2,4-5,16H2,(H,32,38)(H,33,37). The topological polar surface area (TPSA) is 109 Å². The van der Waals surface area contributed by atoms with Gasteiger partial charge in [0.15, 0.2) is 0 Å². The van der Waals surface area contributed by atoms with Gasteiger partial charge in [0.1, 0.15) is 16.7 Å². The maximum atomic E-state index is 13.2. The van der Waals surface area contributed by atoms with Crippen molar-refractivity contribution in [1.82, 2.24) is 20.1 Å². The predicted molar refractivity (Wildman–Crippen MR) is 142 cm³/mol. The predicted octanol–water partition coefficient (Wildman–Crippen LogP) is 6.11. The van der Waals surface area contributed by atoms with Gasteiger partial charge in [-0.05, 0) is 60.9 Å². The summed E-state index contributed by atoms with van der Waals surface area (Å²) in [5, 5.41) is 20.9. The zero-order valence-corrected chi connectivity index (χ0v) is 21.1. The van der Waals surface area contributed by atoms with Crippen LogP contribution >= 0.6 is 11.6 Å². The van der Waals surface area contributed by atoms with E-state index >= 15 is 0 Å². The molecule has 2 amide bonds. The van der Waals surface area contributed by atoms with Crippen LogP contribution in [0, 0.1) is 5.82 Å². The molecule has 0 aliphatic heterocycles. The molecule has 1 aliphatic carbocycles. The van der Waals surface area contributed by atoms with Gasteiger partial charge in [-0.25, -0.2) is 14.2 Å². The van der Waals surface area contributed by atoms with Gasteiger partial charge in [-0.1, -0.05) is 36.6 Å². The van der Waals surface area contributed by atoms with Crippen LogP contribution in [0.2, 0.25) is 5.15 Å². The lowest BCUT2D eigenvalue weighted by Gasteiger charge is -2.12. The van der Waals surface area contributed by atoms with Gasteiger partial charge in [-0.2, -0.15) is 9.78 Å². The number of rotatable bonds is 6. The van der Waals surface area contributed by atoms with E-state index in [4.69, 9.17) is 11.6 Å². The summed E-state index contributed by atoms with van der Waals surface area (Å²) in [6, 6.07) is 15.2. The van der Waals surface area contributed by atoms with E-state index < -0.39 is 11.9 Å². The number of carbonyl (C=O) groups is 2. The highest BCUT2D eigenvalue weighted by atomic mass is 35.5. The van der Waals surface area contributed by atoms with Crippen molar-refractivity contribution in [2.45, 2.75) is 38.1 Å². The molecule has 0 atom stereocenters. The van der Waals surface area contributed by atoms with E-state index in [2.05, 4.69) is 20.7 Å². The Morgan fingerprint density at radius 2 is 1.84 bits per heavy atom. The molecule has 0 bridgehead atoms. The van der Waals surface area contributed by atoms with Crippen molar-refractivity contribution in [3.8, 4) is 17.0 Å². The number of benzene rings is 2. The molecule has 2 heterocycles. The molecule has 2 aromatic heterocycles. The van der Waals surface area contributed by atoms with E-state index in [-0.39, 0.29) is 34.7 Å². The van der Waals surface area contributed by atoms with Crippen molar-refractivity contribution in [2.24, 2.45) is 0 Å². The van der Waals surface area contributed by atoms with Crippen molar-refractivity contribution < 1.29 is 19.1 Å². The number of anilines is 1. The molecule has 10 heteroatoms. The lowest BCUT2D eigenvalue weighted by atomic mass is 10.0. The van der Waals surface area contributed by atoms with Gasteiger partial charge >= 0.3 is 6.03 Å². The van der Waals surface area contributed by atoms with Gasteiger partial charge in [-0.15, -0.1) is 0 Å². The molecule has 8 nitrogen and oxygen atoms in total. The van der Waals surface area contributed by atoms with E-state index in [1.807, 2.05) is 6.07 Å². The van der Waals surface area contributed by atoms with E-state index in [0.29, 0.717) is 16.9 Å². The van der Waals surface area contributed by atoms with Crippen molar-refractivity contribution in [3.05, 3.63) is 94.7 Å². The number of nitrogens with zero attached hydrogens (tertiary/aromatic N) is 3. The third kappa shape index (κ3) is 5.52. The first-order chi connectivity index (χ1) is 18.4. The number of carbonyl (C=O) groups excluding carboxylic acids is 2. The second-order valence-electron chi connectivity index (χ2n) is 9.16. The smallest absolute Gasteiger partial charge is 0.342 e. The molecular weight excluding hydrogens is 509 g/mol. The minimum Gasteiger partial charge on any atom is -0.507 e. The van der Waals surface area contributed by atoms with Gasteiger partial charge in [0.05, 0.1) is 17.0 Å². The maximum absolute atomic E-state index is 13.2. The Bertz CT molecular complexity index is 1480. The number of pyridine rings is 1. The number of nitrogens with one attached hydrogen (secondary N) is 2. The Balaban J connectivity index is 1.38. The summed E-state index contributed by atoms with van der Waals surface area (Å²) in [6.45, 7) is 0.221. The summed E-state index contributed by atoms with van der Waals surface area (Å²) >= 11 is 6.00. The van der Waals surface area contributed by atoms with E-state index in [9.17, 15) is 19.1 Å². The average Bonchev–Trinajstić information content (AvgIpc) is 3.59. The van der Waals surface area contributed by atoms with Crippen LogP contribution < -0.4 is 10.6 Å². The van der Waals surface area contributed by atoms with Crippen LogP contribution in [0.15, 0.2) is 66.9 Å². The quantitative estimate of drug-likeness (QED) is 0.259. The lowest BCUT2D eigenvalue weighted by Crippen LogP contribution is -2.30. The fourth-order valence-corrected chi connectivity index (χ4v) is 4.84. The summed E-state index contributed by atoms with van der Waals surface area (Å²) < 4.78 is 14.6. The average molecular weight is 534 g/mol. The molecule has 194 valence electrons. The molecule has 2 aromatic carbocycles. The normalized spacial score (nSPS) is 13.4. The van der Waals surface area contributed by atoms with Crippen molar-refractivity contribution in [3.63, 3.8) is 0 Å². The van der Waals surface area contributed by atoms with Crippen LogP contribution in [0.4, 0.5) is 14.9 Å². The van der Waals surface area contributed by atoms with Crippen LogP contribution in [-0.2, 0) is 6.54 Å². The van der Waals surface area contributed by atoms with Crippen molar-refractivity contribution in [1.29, 1.82) is 0 Å². The van der Waals surface area contributed by atoms with Gasteiger partial charge in [0.2, 0.25) is 0 Å². The molecule has 0 radical (unpaired) electrons.